The predicted octanol–water partition coefficient (Wildman–Crippen LogP) is -1.99. The molecule has 0 saturated carbocycles. The third kappa shape index (κ3) is 5.57. The molecule has 26 heteroatoms. The molecule has 3 aliphatic heterocycles. The lowest BCUT2D eigenvalue weighted by Gasteiger charge is -2.29. The number of rotatable bonds is 2. The number of imidazole rings is 2. The van der Waals surface area contributed by atoms with Crippen LogP contribution in [0.15, 0.2) is 22.2 Å². The van der Waals surface area contributed by atoms with Gasteiger partial charge in [-0.15, -0.1) is 0 Å². The van der Waals surface area contributed by atoms with Crippen molar-refractivity contribution >= 4 is 71.8 Å². The number of fused-ring (bicyclic) bond motifs is 4. The Labute approximate surface area is 264 Å². The van der Waals surface area contributed by atoms with Gasteiger partial charge in [0.2, 0.25) is 11.9 Å². The summed E-state index contributed by atoms with van der Waals surface area (Å²) in [5, 5.41) is 22.5. The number of aliphatic hydroxyl groups is 2. The van der Waals surface area contributed by atoms with E-state index < -0.39 is 86.9 Å². The zero-order valence-corrected chi connectivity index (χ0v) is 26.3. The van der Waals surface area contributed by atoms with E-state index in [4.69, 9.17) is 50.8 Å². The Morgan fingerprint density at radius 2 is 1.33 bits per heavy atom. The van der Waals surface area contributed by atoms with Crippen molar-refractivity contribution < 1.29 is 47.2 Å². The van der Waals surface area contributed by atoms with Crippen LogP contribution in [0.25, 0.3) is 22.3 Å². The van der Waals surface area contributed by atoms with E-state index in [1.807, 2.05) is 0 Å². The highest BCUT2D eigenvalue weighted by molar-refractivity contribution is 8.44. The average molecular weight is 723 g/mol. The van der Waals surface area contributed by atoms with Crippen LogP contribution < -0.4 is 22.6 Å². The quantitative estimate of drug-likeness (QED) is 0.0820. The number of ether oxygens (including phenoxy) is 2. The number of aromatic amines is 2. The summed E-state index contributed by atoms with van der Waals surface area (Å²) < 4.78 is 50.0. The molecule has 7 heterocycles. The van der Waals surface area contributed by atoms with Crippen LogP contribution in [0.1, 0.15) is 12.5 Å². The number of hydrogen-bond acceptors (Lipinski definition) is 18. The van der Waals surface area contributed by atoms with Crippen molar-refractivity contribution in [3.8, 4) is 0 Å². The summed E-state index contributed by atoms with van der Waals surface area (Å²) >= 11 is 9.24. The van der Waals surface area contributed by atoms with Crippen LogP contribution in [-0.4, -0.2) is 104 Å². The van der Waals surface area contributed by atoms with Crippen molar-refractivity contribution in [3.05, 3.63) is 33.4 Å². The van der Waals surface area contributed by atoms with Crippen LogP contribution in [-0.2, 0) is 43.9 Å². The number of anilines is 2. The molecule has 0 amide bonds. The zero-order chi connectivity index (χ0) is 32.7. The van der Waals surface area contributed by atoms with Crippen LogP contribution in [0.4, 0.5) is 11.9 Å². The SMILES string of the molecule is Nc1nc2c(ncn2[C@@H]2O[C@@H]3COP(O)(=S)OC4[C@@H](COP(=O)(S)O[C@@H]3C2O)O[C@@H](n2cnc3c(=O)[nH]c(N)nc32)[C@H]4O)c(=O)[nH]1. The topological polar surface area (TPSA) is 312 Å². The van der Waals surface area contributed by atoms with Crippen molar-refractivity contribution in [2.45, 2.75) is 49.1 Å². The number of nitrogen functional groups attached to an aromatic ring is 2. The maximum Gasteiger partial charge on any atom is 0.386 e. The first-order valence-electron chi connectivity index (χ1n) is 13.1. The fourth-order valence-electron chi connectivity index (χ4n) is 5.39. The van der Waals surface area contributed by atoms with Crippen molar-refractivity contribution in [3.63, 3.8) is 0 Å². The Bertz CT molecular complexity index is 1910. The molecule has 22 nitrogen and oxygen atoms in total. The highest BCUT2D eigenvalue weighted by Crippen LogP contribution is 2.58. The van der Waals surface area contributed by atoms with Gasteiger partial charge in [0.15, 0.2) is 34.8 Å². The number of nitrogens with zero attached hydrogens (tertiary/aromatic N) is 6. The van der Waals surface area contributed by atoms with Gasteiger partial charge in [-0.1, -0.05) is 12.2 Å². The first-order chi connectivity index (χ1) is 21.7. The number of thiol groups is 1. The second-order valence-corrected chi connectivity index (χ2v) is 16.0. The van der Waals surface area contributed by atoms with Crippen molar-refractivity contribution in [1.29, 1.82) is 0 Å². The fraction of sp³-hybridized carbons (Fsp3) is 0.500. The van der Waals surface area contributed by atoms with Crippen molar-refractivity contribution in [2.75, 3.05) is 24.7 Å². The lowest BCUT2D eigenvalue weighted by Crippen LogP contribution is -2.38. The number of H-pyrrole nitrogens is 2. The third-order valence-corrected chi connectivity index (χ3v) is 10.6. The normalized spacial score (nSPS) is 37.1. The van der Waals surface area contributed by atoms with Crippen LogP contribution in [0.2, 0.25) is 0 Å². The molecule has 4 aromatic heterocycles. The van der Waals surface area contributed by atoms with Crippen LogP contribution >= 0.6 is 25.8 Å². The maximum absolute atomic E-state index is 13.4. The number of aromatic nitrogens is 8. The lowest BCUT2D eigenvalue weighted by molar-refractivity contribution is -0.0577. The van der Waals surface area contributed by atoms with Gasteiger partial charge in [-0.25, -0.2) is 14.5 Å². The molecule has 0 radical (unpaired) electrons. The van der Waals surface area contributed by atoms with Crippen LogP contribution in [0.3, 0.4) is 0 Å². The predicted molar refractivity (Wildman–Crippen MR) is 160 cm³/mol. The van der Waals surface area contributed by atoms with Gasteiger partial charge < -0.3 is 40.6 Å². The molecule has 248 valence electrons. The highest BCUT2D eigenvalue weighted by Gasteiger charge is 2.53. The summed E-state index contributed by atoms with van der Waals surface area (Å²) in [6, 6.07) is 0. The molecule has 4 unspecified atom stereocenters. The first-order valence-corrected chi connectivity index (χ1v) is 18.4. The summed E-state index contributed by atoms with van der Waals surface area (Å²) in [6.45, 7) is -9.76. The second kappa shape index (κ2) is 11.4. The molecule has 3 saturated heterocycles. The molecule has 9 N–H and O–H groups in total. The summed E-state index contributed by atoms with van der Waals surface area (Å²) in [5.74, 6) is -0.450. The van der Waals surface area contributed by atoms with E-state index in [1.54, 1.807) is 0 Å². The smallest absolute Gasteiger partial charge is 0.386 e. The minimum atomic E-state index is -4.35. The van der Waals surface area contributed by atoms with Crippen LogP contribution in [0, 0.1) is 0 Å². The van der Waals surface area contributed by atoms with Gasteiger partial charge in [0.1, 0.15) is 36.6 Å². The third-order valence-electron chi connectivity index (χ3n) is 7.38. The average Bonchev–Trinajstić information content (AvgIpc) is 3.72. The summed E-state index contributed by atoms with van der Waals surface area (Å²) in [4.78, 5) is 56.2. The molecule has 0 spiro atoms. The van der Waals surface area contributed by atoms with Crippen molar-refractivity contribution in [2.24, 2.45) is 0 Å². The van der Waals surface area contributed by atoms with Gasteiger partial charge >= 0.3 is 13.5 Å². The van der Waals surface area contributed by atoms with Crippen LogP contribution in [0.5, 0.6) is 0 Å². The number of nitrogens with one attached hydrogen (secondary N) is 2. The minimum absolute atomic E-state index is 0.0342. The molecular weight excluding hydrogens is 698 g/mol. The molecular formula is C20H24N10O12P2S2. The van der Waals surface area contributed by atoms with E-state index in [-0.39, 0.29) is 34.2 Å². The zero-order valence-electron chi connectivity index (χ0n) is 22.8. The maximum atomic E-state index is 13.4. The number of hydrogen-bond donors (Lipinski definition) is 8. The van der Waals surface area contributed by atoms with Gasteiger partial charge in [-0.05, 0) is 11.8 Å². The van der Waals surface area contributed by atoms with Gasteiger partial charge in [0.05, 0.1) is 25.9 Å². The first kappa shape index (κ1) is 31.8. The van der Waals surface area contributed by atoms with Gasteiger partial charge in [-0.3, -0.25) is 42.3 Å². The van der Waals surface area contributed by atoms with E-state index in [0.29, 0.717) is 0 Å². The van der Waals surface area contributed by atoms with E-state index in [9.17, 15) is 29.3 Å². The molecule has 7 rings (SSSR count). The largest absolute Gasteiger partial charge is 0.386 e. The Morgan fingerprint density at radius 1 is 0.870 bits per heavy atom. The molecule has 3 aliphatic rings. The summed E-state index contributed by atoms with van der Waals surface area (Å²) in [6.07, 6.45) is -9.01. The monoisotopic (exact) mass is 722 g/mol. The molecule has 0 bridgehead atoms. The molecule has 4 aromatic rings. The number of nitrogens with two attached hydrogens (primary N) is 2. The van der Waals surface area contributed by atoms with Gasteiger partial charge in [-0.2, -0.15) is 9.97 Å². The molecule has 10 atom stereocenters. The van der Waals surface area contributed by atoms with E-state index in [1.165, 1.54) is 21.8 Å². The minimum Gasteiger partial charge on any atom is -0.386 e. The molecule has 3 fully saturated rings. The van der Waals surface area contributed by atoms with E-state index in [0.717, 1.165) is 0 Å². The molecule has 0 aromatic carbocycles. The molecule has 0 aliphatic carbocycles. The second-order valence-electron chi connectivity index (χ2n) is 10.3. The fourth-order valence-corrected chi connectivity index (χ4v) is 8.33. The van der Waals surface area contributed by atoms with E-state index >= 15 is 0 Å². The standard InChI is InChI=1S/C20H24N10O12P2S2/c21-19-25-13-7(15(33)27-19)23-3-29(13)17-9(31)11-5(39-17)1-37-43(35,45)42-12-6(2-38-44(36,46)41-11)40-18(10(12)32)30-4-24-8-14(30)26-20(22)28-16(8)34/h3-6,9-12,17-18,31-32H,1-2H2,(H,35,45)(H,36,46)(H3,21,25,27,33)(H3,22,26,28,34)/t5-,6-,9+,10?,11?,12+,17-,18-,43?,44?/m1/s1. The number of aliphatic hydroxyl groups excluding tert-OH is 2. The molecule has 46 heavy (non-hydrogen) atoms. The van der Waals surface area contributed by atoms with Crippen molar-refractivity contribution in [1.82, 2.24) is 39.0 Å². The highest BCUT2D eigenvalue weighted by atomic mass is 32.7. The lowest BCUT2D eigenvalue weighted by atomic mass is 10.1. The Kier molecular flexibility index (Phi) is 7.87. The van der Waals surface area contributed by atoms with Gasteiger partial charge in [0.25, 0.3) is 11.1 Å². The Hall–Kier alpha value is -2.83. The van der Waals surface area contributed by atoms with E-state index in [2.05, 4.69) is 42.2 Å². The summed E-state index contributed by atoms with van der Waals surface area (Å²) in [5.41, 5.74) is 9.79. The Balaban J connectivity index is 1.18. The Morgan fingerprint density at radius 3 is 1.83 bits per heavy atom. The summed E-state index contributed by atoms with van der Waals surface area (Å²) in [7, 11) is 0. The van der Waals surface area contributed by atoms with Gasteiger partial charge in [0, 0.05) is 0 Å².